The first-order valence-corrected chi connectivity index (χ1v) is 8.04. The van der Waals surface area contributed by atoms with Crippen LogP contribution in [0.3, 0.4) is 0 Å². The molecule has 0 aliphatic rings. The van der Waals surface area contributed by atoms with E-state index in [1.807, 2.05) is 18.7 Å². The number of anilines is 1. The van der Waals surface area contributed by atoms with E-state index in [1.165, 1.54) is 30.3 Å². The second kappa shape index (κ2) is 7.50. The molecule has 1 aromatic carbocycles. The van der Waals surface area contributed by atoms with Gasteiger partial charge in [0, 0.05) is 18.8 Å². The van der Waals surface area contributed by atoms with Crippen molar-refractivity contribution in [3.8, 4) is 0 Å². The first kappa shape index (κ1) is 16.8. The first-order valence-electron chi connectivity index (χ1n) is 6.56. The maximum Gasteiger partial charge on any atom is 0.283 e. The fraction of sp³-hybridized carbons (Fsp3) is 0.267. The molecule has 1 rings (SSSR count). The second-order valence-corrected chi connectivity index (χ2v) is 6.15. The van der Waals surface area contributed by atoms with Gasteiger partial charge in [0.05, 0.1) is 11.5 Å². The largest absolute Gasteiger partial charge is 0.399 e. The number of allylic oxidation sites excluding steroid dienone is 2. The molecule has 0 aliphatic heterocycles. The summed E-state index contributed by atoms with van der Waals surface area (Å²) in [5, 5.41) is -0.310. The quantitative estimate of drug-likeness (QED) is 0.498. The van der Waals surface area contributed by atoms with Crippen LogP contribution in [0.5, 0.6) is 0 Å². The van der Waals surface area contributed by atoms with E-state index in [4.69, 9.17) is 12.3 Å². The molecule has 0 fully saturated rings. The van der Waals surface area contributed by atoms with Gasteiger partial charge in [0.25, 0.3) is 5.03 Å². The van der Waals surface area contributed by atoms with Crippen LogP contribution in [0.25, 0.3) is 4.85 Å². The number of sulfone groups is 1. The maximum atomic E-state index is 12.3. The summed E-state index contributed by atoms with van der Waals surface area (Å²) in [5.41, 5.74) is 6.01. The fourth-order valence-electron chi connectivity index (χ4n) is 1.64. The lowest BCUT2D eigenvalue weighted by atomic mass is 10.3. The Morgan fingerprint density at radius 2 is 1.86 bits per heavy atom. The molecule has 0 aliphatic carbocycles. The Kier molecular flexibility index (Phi) is 6.00. The Hall–Kier alpha value is -2.26. The van der Waals surface area contributed by atoms with Gasteiger partial charge in [0.1, 0.15) is 0 Å². The topological polar surface area (TPSA) is 67.8 Å². The molecule has 0 saturated carbocycles. The van der Waals surface area contributed by atoms with Gasteiger partial charge in [-0.05, 0) is 50.4 Å². The Morgan fingerprint density at radius 1 is 1.29 bits per heavy atom. The third kappa shape index (κ3) is 4.36. The predicted molar refractivity (Wildman–Crippen MR) is 84.8 cm³/mol. The molecule has 0 amide bonds. The normalized spacial score (nSPS) is 12.3. The van der Waals surface area contributed by atoms with Crippen molar-refractivity contribution in [1.82, 2.24) is 4.90 Å². The van der Waals surface area contributed by atoms with Crippen LogP contribution in [0.2, 0.25) is 0 Å². The highest BCUT2D eigenvalue weighted by atomic mass is 32.2. The molecule has 112 valence electrons. The summed E-state index contributed by atoms with van der Waals surface area (Å²) in [4.78, 5) is 5.19. The molecular weight excluding hydrogens is 286 g/mol. The van der Waals surface area contributed by atoms with Crippen LogP contribution in [0.4, 0.5) is 5.69 Å². The maximum absolute atomic E-state index is 12.3. The Morgan fingerprint density at radius 3 is 2.33 bits per heavy atom. The highest BCUT2D eigenvalue weighted by molar-refractivity contribution is 7.95. The monoisotopic (exact) mass is 305 g/mol. The van der Waals surface area contributed by atoms with E-state index in [1.54, 1.807) is 12.3 Å². The number of nitrogen functional groups attached to an aromatic ring is 1. The van der Waals surface area contributed by atoms with E-state index in [-0.39, 0.29) is 9.92 Å². The van der Waals surface area contributed by atoms with E-state index in [2.05, 4.69) is 4.85 Å². The highest BCUT2D eigenvalue weighted by Crippen LogP contribution is 2.21. The average Bonchev–Trinajstić information content (AvgIpc) is 2.48. The molecule has 0 bridgehead atoms. The number of benzene rings is 1. The third-order valence-electron chi connectivity index (χ3n) is 2.92. The lowest BCUT2D eigenvalue weighted by Gasteiger charge is -2.13. The average molecular weight is 305 g/mol. The molecular formula is C15H19N3O2S. The van der Waals surface area contributed by atoms with Crippen LogP contribution < -0.4 is 5.73 Å². The first-order chi connectivity index (χ1) is 9.95. The van der Waals surface area contributed by atoms with Crippen LogP contribution in [0.1, 0.15) is 13.8 Å². The Labute approximate surface area is 126 Å². The molecule has 0 radical (unpaired) electrons. The molecule has 6 heteroatoms. The van der Waals surface area contributed by atoms with Crippen molar-refractivity contribution in [2.75, 3.05) is 18.8 Å². The van der Waals surface area contributed by atoms with Crippen LogP contribution in [0, 0.1) is 6.57 Å². The number of hydrogen-bond acceptors (Lipinski definition) is 4. The third-order valence-corrected chi connectivity index (χ3v) is 4.59. The Bertz CT molecular complexity index is 664. The molecule has 0 spiro atoms. The molecule has 1 aromatic rings. The minimum Gasteiger partial charge on any atom is -0.399 e. The summed E-state index contributed by atoms with van der Waals surface area (Å²) in [6.45, 7) is 12.7. The van der Waals surface area contributed by atoms with E-state index in [9.17, 15) is 8.42 Å². The predicted octanol–water partition coefficient (Wildman–Crippen LogP) is 2.66. The smallest absolute Gasteiger partial charge is 0.283 e. The molecule has 5 nitrogen and oxygen atoms in total. The van der Waals surface area contributed by atoms with E-state index >= 15 is 0 Å². The molecule has 0 aromatic heterocycles. The molecule has 0 unspecified atom stereocenters. The summed E-state index contributed by atoms with van der Waals surface area (Å²) in [6.07, 6.45) is 4.66. The van der Waals surface area contributed by atoms with Crippen molar-refractivity contribution >= 4 is 15.5 Å². The number of nitrogens with zero attached hydrogens (tertiary/aromatic N) is 2. The van der Waals surface area contributed by atoms with Crippen molar-refractivity contribution in [3.05, 3.63) is 59.1 Å². The lowest BCUT2D eigenvalue weighted by Crippen LogP contribution is -2.14. The number of hydrogen-bond donors (Lipinski definition) is 1. The zero-order chi connectivity index (χ0) is 15.9. The molecule has 0 heterocycles. The van der Waals surface area contributed by atoms with Crippen molar-refractivity contribution < 1.29 is 8.42 Å². The Balaban J connectivity index is 3.09. The van der Waals surface area contributed by atoms with Crippen molar-refractivity contribution in [3.63, 3.8) is 0 Å². The van der Waals surface area contributed by atoms with Gasteiger partial charge in [0.2, 0.25) is 9.84 Å². The van der Waals surface area contributed by atoms with Crippen LogP contribution >= 0.6 is 0 Å². The highest BCUT2D eigenvalue weighted by Gasteiger charge is 2.20. The number of nitrogens with two attached hydrogens (primary N) is 1. The fourth-order valence-corrected chi connectivity index (χ4v) is 2.75. The van der Waals surface area contributed by atoms with Gasteiger partial charge in [-0.15, -0.1) is 0 Å². The SMILES string of the molecule is [C-]#[N+]C(=CC=CN(CC)CC)S(=O)(=O)c1ccc(N)cc1. The van der Waals surface area contributed by atoms with Crippen molar-refractivity contribution in [2.24, 2.45) is 0 Å². The molecule has 0 saturated heterocycles. The summed E-state index contributed by atoms with van der Waals surface area (Å²) in [5.74, 6) is 0. The van der Waals surface area contributed by atoms with E-state index < -0.39 is 9.84 Å². The molecule has 2 N–H and O–H groups in total. The second-order valence-electron chi connectivity index (χ2n) is 4.25. The van der Waals surface area contributed by atoms with Gasteiger partial charge in [-0.1, -0.05) is 6.08 Å². The van der Waals surface area contributed by atoms with Crippen LogP contribution in [-0.2, 0) is 9.84 Å². The van der Waals surface area contributed by atoms with Gasteiger partial charge in [-0.25, -0.2) is 13.3 Å². The van der Waals surface area contributed by atoms with Crippen molar-refractivity contribution in [2.45, 2.75) is 18.7 Å². The van der Waals surface area contributed by atoms with E-state index in [0.29, 0.717) is 5.69 Å². The van der Waals surface area contributed by atoms with Gasteiger partial charge in [-0.2, -0.15) is 0 Å². The van der Waals surface area contributed by atoms with Gasteiger partial charge in [-0.3, -0.25) is 0 Å². The van der Waals surface area contributed by atoms with Crippen LogP contribution in [-0.4, -0.2) is 26.4 Å². The summed E-state index contributed by atoms with van der Waals surface area (Å²) in [7, 11) is -3.80. The number of rotatable bonds is 6. The molecule has 0 atom stereocenters. The van der Waals surface area contributed by atoms with Crippen LogP contribution in [0.15, 0.2) is 52.5 Å². The van der Waals surface area contributed by atoms with Crippen molar-refractivity contribution in [1.29, 1.82) is 0 Å². The zero-order valence-electron chi connectivity index (χ0n) is 12.2. The standard InChI is InChI=1S/C15H19N3O2S/c1-4-18(5-2)12-6-7-15(17-3)21(19,20)14-10-8-13(16)9-11-14/h6-12H,4-5,16H2,1-2H3. The van der Waals surface area contributed by atoms with Gasteiger partial charge >= 0.3 is 0 Å². The minimum absolute atomic E-state index is 0.0650. The zero-order valence-corrected chi connectivity index (χ0v) is 13.0. The van der Waals surface area contributed by atoms with E-state index in [0.717, 1.165) is 13.1 Å². The summed E-state index contributed by atoms with van der Waals surface area (Å²) < 4.78 is 24.6. The lowest BCUT2D eigenvalue weighted by molar-refractivity contribution is 0.419. The summed E-state index contributed by atoms with van der Waals surface area (Å²) in [6, 6.07) is 5.80. The van der Waals surface area contributed by atoms with Gasteiger partial charge in [0.15, 0.2) is 0 Å². The van der Waals surface area contributed by atoms with Gasteiger partial charge < -0.3 is 10.6 Å². The molecule has 21 heavy (non-hydrogen) atoms. The minimum atomic E-state index is -3.80. The summed E-state index contributed by atoms with van der Waals surface area (Å²) >= 11 is 0.